The van der Waals surface area contributed by atoms with Gasteiger partial charge in [-0.1, -0.05) is 6.92 Å². The zero-order chi connectivity index (χ0) is 14.0. The Morgan fingerprint density at radius 3 is 2.95 bits per heavy atom. The fourth-order valence-corrected chi connectivity index (χ4v) is 3.10. The highest BCUT2D eigenvalue weighted by Crippen LogP contribution is 2.23. The molecule has 1 atom stereocenters. The summed E-state index contributed by atoms with van der Waals surface area (Å²) in [5, 5.41) is 16.8. The van der Waals surface area contributed by atoms with E-state index in [1.807, 2.05) is 16.6 Å². The number of aromatic nitrogens is 2. The number of piperazine rings is 1. The Morgan fingerprint density at radius 2 is 2.37 bits per heavy atom. The SMILES string of the molecule is CCc1nn(C)c(CN2CCNCC2C(=O)O)c1Br. The molecule has 0 amide bonds. The molecule has 1 unspecified atom stereocenters. The number of hydrogen-bond donors (Lipinski definition) is 2. The van der Waals surface area contributed by atoms with Gasteiger partial charge in [0.15, 0.2) is 0 Å². The second-order valence-corrected chi connectivity index (χ2v) is 5.51. The van der Waals surface area contributed by atoms with E-state index >= 15 is 0 Å². The lowest BCUT2D eigenvalue weighted by atomic mass is 10.2. The van der Waals surface area contributed by atoms with E-state index in [1.54, 1.807) is 0 Å². The van der Waals surface area contributed by atoms with Crippen LogP contribution in [0.15, 0.2) is 4.47 Å². The van der Waals surface area contributed by atoms with Gasteiger partial charge in [-0.3, -0.25) is 14.4 Å². The van der Waals surface area contributed by atoms with Crippen molar-refractivity contribution in [2.75, 3.05) is 19.6 Å². The average Bonchev–Trinajstić information content (AvgIpc) is 2.66. The summed E-state index contributed by atoms with van der Waals surface area (Å²) in [6.45, 7) is 4.70. The first-order valence-corrected chi connectivity index (χ1v) is 7.21. The first-order valence-electron chi connectivity index (χ1n) is 6.42. The summed E-state index contributed by atoms with van der Waals surface area (Å²) < 4.78 is 2.84. The normalized spacial score (nSPS) is 20.7. The van der Waals surface area contributed by atoms with Crippen LogP contribution < -0.4 is 5.32 Å². The predicted octanol–water partition coefficient (Wildman–Crippen LogP) is 0.603. The molecule has 1 fully saturated rings. The number of nitrogens with zero attached hydrogens (tertiary/aromatic N) is 3. The van der Waals surface area contributed by atoms with Crippen LogP contribution in [0.25, 0.3) is 0 Å². The summed E-state index contributed by atoms with van der Waals surface area (Å²) in [4.78, 5) is 13.3. The van der Waals surface area contributed by atoms with Crippen LogP contribution in [0.5, 0.6) is 0 Å². The highest BCUT2D eigenvalue weighted by molar-refractivity contribution is 9.10. The smallest absolute Gasteiger partial charge is 0.322 e. The van der Waals surface area contributed by atoms with E-state index in [2.05, 4.69) is 33.3 Å². The zero-order valence-corrected chi connectivity index (χ0v) is 12.8. The summed E-state index contributed by atoms with van der Waals surface area (Å²) >= 11 is 3.57. The predicted molar refractivity (Wildman–Crippen MR) is 75.0 cm³/mol. The quantitative estimate of drug-likeness (QED) is 0.846. The highest BCUT2D eigenvalue weighted by Gasteiger charge is 2.29. The van der Waals surface area contributed by atoms with Gasteiger partial charge in [-0.25, -0.2) is 0 Å². The van der Waals surface area contributed by atoms with Crippen molar-refractivity contribution in [2.24, 2.45) is 7.05 Å². The molecule has 1 aromatic heterocycles. The molecule has 0 aromatic carbocycles. The Morgan fingerprint density at radius 1 is 1.63 bits per heavy atom. The highest BCUT2D eigenvalue weighted by atomic mass is 79.9. The van der Waals surface area contributed by atoms with E-state index in [9.17, 15) is 9.90 Å². The standard InChI is InChI=1S/C12H19BrN4O2/c1-3-8-11(13)10(16(2)15-8)7-17-5-4-14-6-9(17)12(18)19/h9,14H,3-7H2,1-2H3,(H,18,19). The van der Waals surface area contributed by atoms with Gasteiger partial charge in [-0.05, 0) is 22.4 Å². The Balaban J connectivity index is 2.19. The van der Waals surface area contributed by atoms with Crippen LogP contribution in [0.1, 0.15) is 18.3 Å². The topological polar surface area (TPSA) is 70.4 Å². The third-order valence-electron chi connectivity index (χ3n) is 3.50. The first-order chi connectivity index (χ1) is 9.04. The second-order valence-electron chi connectivity index (χ2n) is 4.71. The molecule has 0 radical (unpaired) electrons. The third-order valence-corrected chi connectivity index (χ3v) is 4.41. The van der Waals surface area contributed by atoms with Crippen molar-refractivity contribution in [1.82, 2.24) is 20.0 Å². The minimum atomic E-state index is -0.777. The number of aryl methyl sites for hydroxylation is 2. The summed E-state index contributed by atoms with van der Waals surface area (Å²) in [6.07, 6.45) is 0.859. The Bertz CT molecular complexity index is 475. The van der Waals surface area contributed by atoms with Gasteiger partial charge in [-0.2, -0.15) is 5.10 Å². The summed E-state index contributed by atoms with van der Waals surface area (Å²) in [5.74, 6) is -0.777. The number of nitrogens with one attached hydrogen (secondary N) is 1. The molecule has 6 nitrogen and oxygen atoms in total. The van der Waals surface area contributed by atoms with Crippen LogP contribution in [0.2, 0.25) is 0 Å². The second kappa shape index (κ2) is 6.02. The fourth-order valence-electron chi connectivity index (χ4n) is 2.36. The van der Waals surface area contributed by atoms with Crippen LogP contribution >= 0.6 is 15.9 Å². The van der Waals surface area contributed by atoms with E-state index in [-0.39, 0.29) is 0 Å². The summed E-state index contributed by atoms with van der Waals surface area (Å²) in [6, 6.07) is -0.472. The van der Waals surface area contributed by atoms with Crippen molar-refractivity contribution in [1.29, 1.82) is 0 Å². The van der Waals surface area contributed by atoms with Gasteiger partial charge < -0.3 is 10.4 Å². The molecule has 1 aliphatic heterocycles. The molecule has 106 valence electrons. The van der Waals surface area contributed by atoms with Crippen LogP contribution in [0.3, 0.4) is 0 Å². The van der Waals surface area contributed by atoms with Crippen molar-refractivity contribution in [3.8, 4) is 0 Å². The number of halogens is 1. The number of hydrogen-bond acceptors (Lipinski definition) is 4. The van der Waals surface area contributed by atoms with Gasteiger partial charge >= 0.3 is 5.97 Å². The Kier molecular flexibility index (Phi) is 4.59. The summed E-state index contributed by atoms with van der Waals surface area (Å²) in [7, 11) is 1.90. The molecular formula is C12H19BrN4O2. The molecule has 2 heterocycles. The van der Waals surface area contributed by atoms with Crippen molar-refractivity contribution in [3.63, 3.8) is 0 Å². The molecule has 0 spiro atoms. The number of carbonyl (C=O) groups is 1. The molecule has 7 heteroatoms. The van der Waals surface area contributed by atoms with Gasteiger partial charge in [0.25, 0.3) is 0 Å². The van der Waals surface area contributed by atoms with Crippen molar-refractivity contribution in [3.05, 3.63) is 15.9 Å². The average molecular weight is 331 g/mol. The van der Waals surface area contributed by atoms with E-state index in [1.165, 1.54) is 0 Å². The molecule has 19 heavy (non-hydrogen) atoms. The monoisotopic (exact) mass is 330 g/mol. The van der Waals surface area contributed by atoms with Gasteiger partial charge in [0.1, 0.15) is 6.04 Å². The number of carboxylic acid groups (broad SMARTS) is 1. The van der Waals surface area contributed by atoms with E-state index < -0.39 is 12.0 Å². The maximum Gasteiger partial charge on any atom is 0.322 e. The zero-order valence-electron chi connectivity index (χ0n) is 11.2. The van der Waals surface area contributed by atoms with Crippen molar-refractivity contribution in [2.45, 2.75) is 25.9 Å². The molecule has 1 aromatic rings. The van der Waals surface area contributed by atoms with Crippen molar-refractivity contribution >= 4 is 21.9 Å². The molecular weight excluding hydrogens is 312 g/mol. The van der Waals surface area contributed by atoms with Gasteiger partial charge in [-0.15, -0.1) is 0 Å². The Hall–Kier alpha value is -0.920. The van der Waals surface area contributed by atoms with Crippen LogP contribution in [0, 0.1) is 0 Å². The molecule has 2 rings (SSSR count). The Labute approximate surface area is 120 Å². The van der Waals surface area contributed by atoms with Gasteiger partial charge in [0, 0.05) is 33.2 Å². The lowest BCUT2D eigenvalue weighted by Crippen LogP contribution is -2.54. The minimum Gasteiger partial charge on any atom is -0.480 e. The van der Waals surface area contributed by atoms with Crippen LogP contribution in [-0.4, -0.2) is 51.4 Å². The first kappa shape index (κ1) is 14.5. The van der Waals surface area contributed by atoms with Crippen molar-refractivity contribution < 1.29 is 9.90 Å². The number of carboxylic acids is 1. The maximum atomic E-state index is 11.3. The van der Waals surface area contributed by atoms with Crippen LogP contribution in [0.4, 0.5) is 0 Å². The largest absolute Gasteiger partial charge is 0.480 e. The lowest BCUT2D eigenvalue weighted by Gasteiger charge is -2.33. The van der Waals surface area contributed by atoms with Gasteiger partial charge in [0.05, 0.1) is 15.9 Å². The molecule has 2 N–H and O–H groups in total. The molecule has 1 saturated heterocycles. The lowest BCUT2D eigenvalue weighted by molar-refractivity contribution is -0.144. The summed E-state index contributed by atoms with van der Waals surface area (Å²) in [5.41, 5.74) is 2.05. The third kappa shape index (κ3) is 2.98. The fraction of sp³-hybridized carbons (Fsp3) is 0.667. The molecule has 1 aliphatic rings. The molecule has 0 saturated carbocycles. The van der Waals surface area contributed by atoms with Crippen LogP contribution in [-0.2, 0) is 24.8 Å². The van der Waals surface area contributed by atoms with Gasteiger partial charge in [0.2, 0.25) is 0 Å². The van der Waals surface area contributed by atoms with E-state index in [0.29, 0.717) is 13.1 Å². The van der Waals surface area contributed by atoms with E-state index in [4.69, 9.17) is 0 Å². The number of rotatable bonds is 4. The van der Waals surface area contributed by atoms with E-state index in [0.717, 1.165) is 35.4 Å². The maximum absolute atomic E-state index is 11.3. The molecule has 0 bridgehead atoms. The number of aliphatic carboxylic acids is 1. The minimum absolute atomic E-state index is 0.472. The molecule has 0 aliphatic carbocycles.